The van der Waals surface area contributed by atoms with Crippen molar-refractivity contribution in [1.29, 1.82) is 0 Å². The normalized spacial score (nSPS) is 9.22. The van der Waals surface area contributed by atoms with Crippen molar-refractivity contribution in [2.24, 2.45) is 0 Å². The van der Waals surface area contributed by atoms with E-state index >= 15 is 0 Å². The van der Waals surface area contributed by atoms with Crippen LogP contribution in [0.25, 0.3) is 0 Å². The van der Waals surface area contributed by atoms with Crippen molar-refractivity contribution >= 4 is 28.5 Å². The number of methoxy groups -OCH3 is 1. The minimum atomic E-state index is -0.434. The summed E-state index contributed by atoms with van der Waals surface area (Å²) in [5.41, 5.74) is 7.19. The largest absolute Gasteiger partial charge is 0.465 e. The lowest BCUT2D eigenvalue weighted by atomic mass is 10.1. The molecule has 0 radical (unpaired) electrons. The number of nitrogens with two attached hydrogens (primary N) is 1. The van der Waals surface area contributed by atoms with Crippen LogP contribution in [0.15, 0.2) is 18.2 Å². The van der Waals surface area contributed by atoms with Gasteiger partial charge in [-0.2, -0.15) is 0 Å². The minimum absolute atomic E-state index is 0.0144. The number of anilines is 1. The predicted molar refractivity (Wildman–Crippen MR) is 72.2 cm³/mol. The van der Waals surface area contributed by atoms with Gasteiger partial charge in [0, 0.05) is 18.2 Å². The standard InChI is InChI=1S/C13H13NO3S/c1-9(15)18-7-3-4-10-8-11(13(16)17-2)5-6-12(10)14/h5-6,8H,7,14H2,1-2H3. The van der Waals surface area contributed by atoms with E-state index in [1.807, 2.05) is 0 Å². The molecular formula is C13H13NO3S. The number of benzene rings is 1. The van der Waals surface area contributed by atoms with E-state index in [0.717, 1.165) is 11.8 Å². The molecule has 0 aliphatic rings. The van der Waals surface area contributed by atoms with Crippen molar-refractivity contribution in [1.82, 2.24) is 0 Å². The molecule has 94 valence electrons. The van der Waals surface area contributed by atoms with E-state index in [2.05, 4.69) is 16.6 Å². The Morgan fingerprint density at radius 3 is 2.78 bits per heavy atom. The van der Waals surface area contributed by atoms with Gasteiger partial charge in [0.15, 0.2) is 5.12 Å². The maximum atomic E-state index is 11.3. The highest BCUT2D eigenvalue weighted by molar-refractivity contribution is 8.13. The molecular weight excluding hydrogens is 250 g/mol. The fourth-order valence-electron chi connectivity index (χ4n) is 1.18. The van der Waals surface area contributed by atoms with Gasteiger partial charge in [0.2, 0.25) is 0 Å². The Morgan fingerprint density at radius 2 is 2.17 bits per heavy atom. The van der Waals surface area contributed by atoms with E-state index in [4.69, 9.17) is 5.73 Å². The van der Waals surface area contributed by atoms with E-state index in [1.54, 1.807) is 18.2 Å². The van der Waals surface area contributed by atoms with Crippen LogP contribution in [0.4, 0.5) is 5.69 Å². The highest BCUT2D eigenvalue weighted by Crippen LogP contribution is 2.14. The van der Waals surface area contributed by atoms with Crippen LogP contribution in [0.5, 0.6) is 0 Å². The number of carbonyl (C=O) groups excluding carboxylic acids is 2. The van der Waals surface area contributed by atoms with E-state index in [9.17, 15) is 9.59 Å². The second-order valence-electron chi connectivity index (χ2n) is 3.38. The van der Waals surface area contributed by atoms with Gasteiger partial charge in [-0.3, -0.25) is 4.79 Å². The van der Waals surface area contributed by atoms with Crippen LogP contribution in [0.1, 0.15) is 22.8 Å². The van der Waals surface area contributed by atoms with Crippen molar-refractivity contribution in [3.63, 3.8) is 0 Å². The van der Waals surface area contributed by atoms with Gasteiger partial charge in [0.1, 0.15) is 0 Å². The third kappa shape index (κ3) is 4.15. The number of nitrogen functional groups attached to an aromatic ring is 1. The SMILES string of the molecule is COC(=O)c1ccc(N)c(C#CCSC(C)=O)c1. The average molecular weight is 263 g/mol. The lowest BCUT2D eigenvalue weighted by Crippen LogP contribution is -2.02. The molecule has 0 spiro atoms. The van der Waals surface area contributed by atoms with E-state index in [0.29, 0.717) is 22.6 Å². The van der Waals surface area contributed by atoms with Crippen LogP contribution >= 0.6 is 11.8 Å². The van der Waals surface area contributed by atoms with E-state index < -0.39 is 5.97 Å². The predicted octanol–water partition coefficient (Wildman–Crippen LogP) is 1.69. The zero-order chi connectivity index (χ0) is 13.5. The summed E-state index contributed by atoms with van der Waals surface area (Å²) in [5.74, 6) is 5.62. The Hall–Kier alpha value is -1.93. The molecule has 0 atom stereocenters. The molecule has 0 aliphatic carbocycles. The first kappa shape index (κ1) is 14.1. The number of esters is 1. The fraction of sp³-hybridized carbons (Fsp3) is 0.231. The number of thioether (sulfide) groups is 1. The summed E-state index contributed by atoms with van der Waals surface area (Å²) in [4.78, 5) is 22.0. The van der Waals surface area contributed by atoms with Gasteiger partial charge in [0.25, 0.3) is 0 Å². The third-order valence-electron chi connectivity index (χ3n) is 2.05. The first-order valence-electron chi connectivity index (χ1n) is 5.14. The van der Waals surface area contributed by atoms with Gasteiger partial charge in [0.05, 0.1) is 18.4 Å². The Morgan fingerprint density at radius 1 is 1.44 bits per heavy atom. The highest BCUT2D eigenvalue weighted by Gasteiger charge is 2.06. The van der Waals surface area contributed by atoms with Gasteiger partial charge < -0.3 is 10.5 Å². The first-order valence-corrected chi connectivity index (χ1v) is 6.13. The molecule has 0 fully saturated rings. The molecule has 0 unspecified atom stereocenters. The molecule has 0 saturated carbocycles. The molecule has 0 saturated heterocycles. The summed E-state index contributed by atoms with van der Waals surface area (Å²) < 4.78 is 4.61. The molecule has 5 heteroatoms. The zero-order valence-corrected chi connectivity index (χ0v) is 11.0. The summed E-state index contributed by atoms with van der Waals surface area (Å²) in [6.45, 7) is 1.48. The maximum Gasteiger partial charge on any atom is 0.337 e. The first-order chi connectivity index (χ1) is 8.54. The van der Waals surface area contributed by atoms with E-state index in [1.165, 1.54) is 14.0 Å². The molecule has 18 heavy (non-hydrogen) atoms. The molecule has 1 rings (SSSR count). The summed E-state index contributed by atoms with van der Waals surface area (Å²) in [6, 6.07) is 4.76. The Bertz CT molecular complexity index is 529. The molecule has 1 aromatic carbocycles. The third-order valence-corrected chi connectivity index (χ3v) is 2.74. The summed E-state index contributed by atoms with van der Waals surface area (Å²) in [7, 11) is 1.31. The fourth-order valence-corrected chi connectivity index (χ4v) is 1.53. The van der Waals surface area contributed by atoms with Gasteiger partial charge in [-0.1, -0.05) is 23.6 Å². The molecule has 0 aromatic heterocycles. The lowest BCUT2D eigenvalue weighted by molar-refractivity contribution is -0.109. The number of rotatable bonds is 2. The highest BCUT2D eigenvalue weighted by atomic mass is 32.2. The van der Waals surface area contributed by atoms with Crippen LogP contribution in [0.3, 0.4) is 0 Å². The van der Waals surface area contributed by atoms with Crippen molar-refractivity contribution in [2.45, 2.75) is 6.92 Å². The summed E-state index contributed by atoms with van der Waals surface area (Å²) in [6.07, 6.45) is 0. The second-order valence-corrected chi connectivity index (χ2v) is 4.53. The van der Waals surface area contributed by atoms with Crippen molar-refractivity contribution in [3.05, 3.63) is 29.3 Å². The number of hydrogen-bond donors (Lipinski definition) is 1. The quantitative estimate of drug-likeness (QED) is 0.499. The van der Waals surface area contributed by atoms with Gasteiger partial charge >= 0.3 is 5.97 Å². The summed E-state index contributed by atoms with van der Waals surface area (Å²) in [5, 5.41) is 0.0144. The van der Waals surface area contributed by atoms with Crippen LogP contribution < -0.4 is 5.73 Å². The molecule has 0 amide bonds. The molecule has 0 aliphatic heterocycles. The maximum absolute atomic E-state index is 11.3. The van der Waals surface area contributed by atoms with Gasteiger partial charge in [-0.25, -0.2) is 4.79 Å². The number of ether oxygens (including phenoxy) is 1. The Kier molecular flexibility index (Phi) is 5.28. The number of hydrogen-bond acceptors (Lipinski definition) is 5. The number of carbonyl (C=O) groups is 2. The van der Waals surface area contributed by atoms with Crippen LogP contribution in [-0.2, 0) is 9.53 Å². The summed E-state index contributed by atoms with van der Waals surface area (Å²) >= 11 is 1.13. The molecule has 0 heterocycles. The van der Waals surface area contributed by atoms with Crippen molar-refractivity contribution < 1.29 is 14.3 Å². The molecule has 4 nitrogen and oxygen atoms in total. The topological polar surface area (TPSA) is 69.4 Å². The van der Waals surface area contributed by atoms with Crippen LogP contribution in [-0.4, -0.2) is 23.9 Å². The minimum Gasteiger partial charge on any atom is -0.465 e. The second kappa shape index (κ2) is 6.72. The smallest absolute Gasteiger partial charge is 0.337 e. The van der Waals surface area contributed by atoms with Crippen molar-refractivity contribution in [2.75, 3.05) is 18.6 Å². The lowest BCUT2D eigenvalue weighted by Gasteiger charge is -2.02. The average Bonchev–Trinajstić information content (AvgIpc) is 2.35. The molecule has 0 bridgehead atoms. The Labute approximate surface area is 110 Å². The van der Waals surface area contributed by atoms with Crippen LogP contribution in [0, 0.1) is 11.8 Å². The molecule has 1 aromatic rings. The zero-order valence-electron chi connectivity index (χ0n) is 10.1. The van der Waals surface area contributed by atoms with Crippen LogP contribution in [0.2, 0.25) is 0 Å². The van der Waals surface area contributed by atoms with Gasteiger partial charge in [-0.05, 0) is 18.2 Å². The van der Waals surface area contributed by atoms with E-state index in [-0.39, 0.29) is 5.12 Å². The van der Waals surface area contributed by atoms with Crippen molar-refractivity contribution in [3.8, 4) is 11.8 Å². The van der Waals surface area contributed by atoms with Gasteiger partial charge in [-0.15, -0.1) is 0 Å². The Balaban J connectivity index is 2.87. The monoisotopic (exact) mass is 263 g/mol. The molecule has 2 N–H and O–H groups in total.